The second-order valence-corrected chi connectivity index (χ2v) is 1.07. The van der Waals surface area contributed by atoms with Crippen molar-refractivity contribution in [3.8, 4) is 6.07 Å². The van der Waals surface area contributed by atoms with Gasteiger partial charge in [0.2, 0.25) is 5.82 Å². The van der Waals surface area contributed by atoms with Crippen LogP contribution in [0.15, 0.2) is 12.7 Å². The maximum absolute atomic E-state index is 8.13. The second-order valence-electron chi connectivity index (χ2n) is 1.07. The lowest BCUT2D eigenvalue weighted by molar-refractivity contribution is 1.01. The Morgan fingerprint density at radius 1 is 1.38 bits per heavy atom. The van der Waals surface area contributed by atoms with Gasteiger partial charge in [-0.05, 0) is 0 Å². The summed E-state index contributed by atoms with van der Waals surface area (Å²) in [5.41, 5.74) is 0. The van der Waals surface area contributed by atoms with E-state index >= 15 is 0 Å². The van der Waals surface area contributed by atoms with E-state index in [2.05, 4.69) is 15.0 Å². The molecule has 0 unspecified atom stereocenters. The molecule has 38 valence electrons. The summed E-state index contributed by atoms with van der Waals surface area (Å²) >= 11 is 0. The molecular weight excluding hydrogens is 104 g/mol. The topological polar surface area (TPSA) is 62.5 Å². The minimum Gasteiger partial charge on any atom is -0.225 e. The fourth-order valence-corrected chi connectivity index (χ4v) is 0.297. The molecule has 0 saturated heterocycles. The first-order chi connectivity index (χ1) is 3.93. The number of hydrogen-bond acceptors (Lipinski definition) is 4. The molecule has 8 heavy (non-hydrogen) atoms. The lowest BCUT2D eigenvalue weighted by Crippen LogP contribution is -1.86. The first kappa shape index (κ1) is 4.65. The summed E-state index contributed by atoms with van der Waals surface area (Å²) in [6.45, 7) is 0. The summed E-state index contributed by atoms with van der Waals surface area (Å²) in [6, 6.07) is 1.76. The van der Waals surface area contributed by atoms with E-state index in [0.717, 1.165) is 0 Å². The van der Waals surface area contributed by atoms with Crippen LogP contribution in [0.25, 0.3) is 0 Å². The smallest absolute Gasteiger partial charge is 0.225 e. The molecule has 0 spiro atoms. The average Bonchev–Trinajstić information content (AvgIpc) is 1.90. The van der Waals surface area contributed by atoms with Crippen molar-refractivity contribution in [2.24, 2.45) is 0 Å². The van der Waals surface area contributed by atoms with Crippen LogP contribution in [0.4, 0.5) is 0 Å². The Balaban J connectivity index is 3.05. The van der Waals surface area contributed by atoms with Crippen molar-refractivity contribution in [2.75, 3.05) is 0 Å². The van der Waals surface area contributed by atoms with Gasteiger partial charge in [0.15, 0.2) is 0 Å². The molecule has 1 heterocycles. The molecule has 0 aliphatic carbocycles. The fourth-order valence-electron chi connectivity index (χ4n) is 0.297. The number of nitriles is 1. The molecule has 1 rings (SSSR count). The Hall–Kier alpha value is -1.50. The monoisotopic (exact) mass is 106 g/mol. The third-order valence-corrected chi connectivity index (χ3v) is 0.593. The largest absolute Gasteiger partial charge is 0.235 e. The van der Waals surface area contributed by atoms with E-state index < -0.39 is 0 Å². The quantitative estimate of drug-likeness (QED) is 0.457. The summed E-state index contributed by atoms with van der Waals surface area (Å²) in [5, 5.41) is 8.13. The van der Waals surface area contributed by atoms with Crippen LogP contribution in [0, 0.1) is 11.3 Å². The summed E-state index contributed by atoms with van der Waals surface area (Å²) in [4.78, 5) is 10.5. The van der Waals surface area contributed by atoms with Gasteiger partial charge in [0.25, 0.3) is 0 Å². The van der Waals surface area contributed by atoms with Gasteiger partial charge in [0.05, 0.1) is 0 Å². The van der Waals surface area contributed by atoms with Gasteiger partial charge in [-0.15, -0.1) is 0 Å². The predicted octanol–water partition coefficient (Wildman–Crippen LogP) is -0.257. The van der Waals surface area contributed by atoms with Gasteiger partial charge >= 0.3 is 0 Å². The molecule has 4 heteroatoms. The molecule has 0 aliphatic rings. The molecule has 0 amide bonds. The highest BCUT2D eigenvalue weighted by Crippen LogP contribution is 1.75. The number of nitrogens with zero attached hydrogens (tertiary/aromatic N) is 4. The van der Waals surface area contributed by atoms with E-state index in [1.54, 1.807) is 6.07 Å². The van der Waals surface area contributed by atoms with Gasteiger partial charge in [0, 0.05) is 0 Å². The molecule has 1 aromatic heterocycles. The van der Waals surface area contributed by atoms with Gasteiger partial charge in [-0.3, -0.25) is 0 Å². The van der Waals surface area contributed by atoms with E-state index in [9.17, 15) is 0 Å². The number of rotatable bonds is 0. The van der Waals surface area contributed by atoms with Gasteiger partial charge in [-0.25, -0.2) is 15.0 Å². The highest BCUT2D eigenvalue weighted by Gasteiger charge is 1.84. The third-order valence-electron chi connectivity index (χ3n) is 0.593. The molecule has 0 saturated carbocycles. The minimum absolute atomic E-state index is 0.153. The molecule has 4 nitrogen and oxygen atoms in total. The van der Waals surface area contributed by atoms with Crippen molar-refractivity contribution in [3.63, 3.8) is 0 Å². The fraction of sp³-hybridized carbons (Fsp3) is 0. The van der Waals surface area contributed by atoms with E-state index in [4.69, 9.17) is 5.26 Å². The van der Waals surface area contributed by atoms with Crippen LogP contribution in [0.2, 0.25) is 0 Å². The predicted molar refractivity (Wildman–Crippen MR) is 24.5 cm³/mol. The van der Waals surface area contributed by atoms with Crippen LogP contribution in [-0.4, -0.2) is 15.0 Å². The van der Waals surface area contributed by atoms with Crippen LogP contribution in [0.3, 0.4) is 0 Å². The van der Waals surface area contributed by atoms with E-state index in [0.29, 0.717) is 0 Å². The Morgan fingerprint density at radius 3 is 2.38 bits per heavy atom. The normalized spacial score (nSPS) is 7.88. The van der Waals surface area contributed by atoms with Crippen molar-refractivity contribution in [1.82, 2.24) is 15.0 Å². The molecule has 0 atom stereocenters. The molecule has 0 fully saturated rings. The first-order valence-electron chi connectivity index (χ1n) is 1.95. The standard InChI is InChI=1S/C4H2N4/c5-1-4-7-2-6-3-8-4/h2-3H. The second kappa shape index (κ2) is 1.98. The maximum atomic E-state index is 8.13. The summed E-state index contributed by atoms with van der Waals surface area (Å²) in [7, 11) is 0. The zero-order valence-corrected chi connectivity index (χ0v) is 3.94. The summed E-state index contributed by atoms with van der Waals surface area (Å²) in [6.07, 6.45) is 2.57. The zero-order valence-electron chi connectivity index (χ0n) is 3.94. The molecule has 0 aliphatic heterocycles. The van der Waals surface area contributed by atoms with Crippen LogP contribution in [0.5, 0.6) is 0 Å². The van der Waals surface area contributed by atoms with E-state index in [-0.39, 0.29) is 5.82 Å². The third kappa shape index (κ3) is 0.763. The zero-order chi connectivity index (χ0) is 5.82. The Labute approximate surface area is 45.8 Å². The highest BCUT2D eigenvalue weighted by atomic mass is 15.0. The molecular formula is C4H2N4. The van der Waals surface area contributed by atoms with Gasteiger partial charge < -0.3 is 0 Å². The Kier molecular flexibility index (Phi) is 1.15. The van der Waals surface area contributed by atoms with Crippen LogP contribution >= 0.6 is 0 Å². The summed E-state index contributed by atoms with van der Waals surface area (Å²) < 4.78 is 0. The van der Waals surface area contributed by atoms with Gasteiger partial charge in [-0.1, -0.05) is 0 Å². The van der Waals surface area contributed by atoms with Crippen LogP contribution in [0.1, 0.15) is 5.82 Å². The van der Waals surface area contributed by atoms with Gasteiger partial charge in [0.1, 0.15) is 18.7 Å². The molecule has 0 N–H and O–H groups in total. The SMILES string of the molecule is N#Cc1ncncn1. The minimum atomic E-state index is 0.153. The molecule has 1 aromatic rings. The van der Waals surface area contributed by atoms with E-state index in [1.165, 1.54) is 12.7 Å². The van der Waals surface area contributed by atoms with Gasteiger partial charge in [-0.2, -0.15) is 5.26 Å². The molecule has 0 aromatic carbocycles. The van der Waals surface area contributed by atoms with Crippen LogP contribution < -0.4 is 0 Å². The lowest BCUT2D eigenvalue weighted by Gasteiger charge is -1.78. The molecule has 0 bridgehead atoms. The van der Waals surface area contributed by atoms with Crippen molar-refractivity contribution in [1.29, 1.82) is 5.26 Å². The van der Waals surface area contributed by atoms with Crippen molar-refractivity contribution >= 4 is 0 Å². The number of hydrogen-bond donors (Lipinski definition) is 0. The highest BCUT2D eigenvalue weighted by molar-refractivity contribution is 5.04. The number of aromatic nitrogens is 3. The van der Waals surface area contributed by atoms with Crippen molar-refractivity contribution in [2.45, 2.75) is 0 Å². The van der Waals surface area contributed by atoms with Crippen molar-refractivity contribution in [3.05, 3.63) is 18.5 Å². The first-order valence-corrected chi connectivity index (χ1v) is 1.95. The van der Waals surface area contributed by atoms with Crippen LogP contribution in [-0.2, 0) is 0 Å². The molecule has 0 radical (unpaired) electrons. The van der Waals surface area contributed by atoms with E-state index in [1.807, 2.05) is 0 Å². The Morgan fingerprint density at radius 2 is 2.00 bits per heavy atom. The van der Waals surface area contributed by atoms with Crippen molar-refractivity contribution < 1.29 is 0 Å². The Bertz CT molecular complexity index is 199. The maximum Gasteiger partial charge on any atom is 0.235 e. The average molecular weight is 106 g/mol. The lowest BCUT2D eigenvalue weighted by atomic mass is 10.7. The summed E-state index contributed by atoms with van der Waals surface area (Å²) in [5.74, 6) is 0.153.